The van der Waals surface area contributed by atoms with Crippen LogP contribution in [0.25, 0.3) is 22.0 Å². The van der Waals surface area contributed by atoms with Crippen molar-refractivity contribution in [3.63, 3.8) is 0 Å². The SMILES string of the molecule is Cn1c(C(=O)NNC(=O)c2ccc(-c3ccccc3)cc2)cc2ccccc21. The molecule has 0 unspecified atom stereocenters. The van der Waals surface area contributed by atoms with Crippen molar-refractivity contribution in [3.8, 4) is 11.1 Å². The van der Waals surface area contributed by atoms with E-state index >= 15 is 0 Å². The summed E-state index contributed by atoms with van der Waals surface area (Å²) in [5.74, 6) is -0.736. The molecule has 4 aromatic rings. The average Bonchev–Trinajstić information content (AvgIpc) is 3.09. The maximum atomic E-state index is 12.5. The number of hydrazine groups is 1. The summed E-state index contributed by atoms with van der Waals surface area (Å²) in [6, 6.07) is 26.7. The molecule has 0 saturated heterocycles. The Balaban J connectivity index is 1.43. The fourth-order valence-corrected chi connectivity index (χ4v) is 3.20. The van der Waals surface area contributed by atoms with Crippen LogP contribution in [0.1, 0.15) is 20.8 Å². The molecule has 138 valence electrons. The number of nitrogens with zero attached hydrogens (tertiary/aromatic N) is 1. The van der Waals surface area contributed by atoms with Crippen molar-refractivity contribution in [3.05, 3.63) is 96.2 Å². The molecule has 4 rings (SSSR count). The lowest BCUT2D eigenvalue weighted by atomic mass is 10.0. The van der Waals surface area contributed by atoms with Crippen LogP contribution in [0.15, 0.2) is 84.9 Å². The first-order chi connectivity index (χ1) is 13.6. The first-order valence-electron chi connectivity index (χ1n) is 8.94. The molecule has 1 heterocycles. The van der Waals surface area contributed by atoms with Crippen molar-refractivity contribution < 1.29 is 9.59 Å². The highest BCUT2D eigenvalue weighted by molar-refractivity contribution is 6.01. The second-order valence-corrected chi connectivity index (χ2v) is 6.50. The van der Waals surface area contributed by atoms with E-state index in [-0.39, 0.29) is 11.8 Å². The molecule has 0 aliphatic carbocycles. The number of fused-ring (bicyclic) bond motifs is 1. The van der Waals surface area contributed by atoms with Crippen LogP contribution < -0.4 is 10.9 Å². The van der Waals surface area contributed by atoms with E-state index in [0.717, 1.165) is 22.0 Å². The molecule has 0 aliphatic heterocycles. The summed E-state index contributed by atoms with van der Waals surface area (Å²) >= 11 is 0. The lowest BCUT2D eigenvalue weighted by Crippen LogP contribution is -2.42. The van der Waals surface area contributed by atoms with Gasteiger partial charge in [0.2, 0.25) is 0 Å². The van der Waals surface area contributed by atoms with Gasteiger partial charge >= 0.3 is 0 Å². The molecule has 0 aliphatic rings. The molecule has 5 nitrogen and oxygen atoms in total. The van der Waals surface area contributed by atoms with Gasteiger partial charge in [0.05, 0.1) is 0 Å². The van der Waals surface area contributed by atoms with E-state index in [1.54, 1.807) is 22.8 Å². The van der Waals surface area contributed by atoms with Crippen molar-refractivity contribution >= 4 is 22.7 Å². The second-order valence-electron chi connectivity index (χ2n) is 6.50. The van der Waals surface area contributed by atoms with E-state index in [1.165, 1.54) is 0 Å². The summed E-state index contributed by atoms with van der Waals surface area (Å²) in [5.41, 5.74) is 8.97. The summed E-state index contributed by atoms with van der Waals surface area (Å²) in [5, 5.41) is 0.970. The maximum Gasteiger partial charge on any atom is 0.286 e. The van der Waals surface area contributed by atoms with Crippen LogP contribution in [0.5, 0.6) is 0 Å². The molecule has 3 aromatic carbocycles. The molecular formula is C23H19N3O2. The number of aromatic nitrogens is 1. The largest absolute Gasteiger partial charge is 0.340 e. The minimum atomic E-state index is -0.369. The van der Waals surface area contributed by atoms with Crippen molar-refractivity contribution in [1.82, 2.24) is 15.4 Å². The van der Waals surface area contributed by atoms with E-state index in [0.29, 0.717) is 11.3 Å². The van der Waals surface area contributed by atoms with Gasteiger partial charge in [-0.1, -0.05) is 60.7 Å². The molecule has 0 spiro atoms. The van der Waals surface area contributed by atoms with E-state index in [4.69, 9.17) is 0 Å². The van der Waals surface area contributed by atoms with Gasteiger partial charge in [0.15, 0.2) is 0 Å². The van der Waals surface area contributed by atoms with Crippen LogP contribution in [0, 0.1) is 0 Å². The van der Waals surface area contributed by atoms with E-state index in [9.17, 15) is 9.59 Å². The minimum Gasteiger partial charge on any atom is -0.340 e. The number of aryl methyl sites for hydroxylation is 1. The van der Waals surface area contributed by atoms with Crippen LogP contribution in [0.3, 0.4) is 0 Å². The molecule has 1 aromatic heterocycles. The zero-order chi connectivity index (χ0) is 19.5. The number of para-hydroxylation sites is 1. The van der Waals surface area contributed by atoms with Gasteiger partial charge in [-0.05, 0) is 35.4 Å². The first kappa shape index (κ1) is 17.5. The third kappa shape index (κ3) is 3.38. The van der Waals surface area contributed by atoms with Gasteiger partial charge in [-0.2, -0.15) is 0 Å². The highest BCUT2D eigenvalue weighted by Gasteiger charge is 2.14. The van der Waals surface area contributed by atoms with E-state index in [2.05, 4.69) is 10.9 Å². The van der Waals surface area contributed by atoms with E-state index < -0.39 is 0 Å². The molecule has 0 fully saturated rings. The number of rotatable bonds is 3. The lowest BCUT2D eigenvalue weighted by molar-refractivity contribution is 0.0842. The van der Waals surface area contributed by atoms with Gasteiger partial charge in [0.1, 0.15) is 5.69 Å². The van der Waals surface area contributed by atoms with Gasteiger partial charge in [0.25, 0.3) is 11.8 Å². The summed E-state index contributed by atoms with van der Waals surface area (Å²) < 4.78 is 1.80. The molecular weight excluding hydrogens is 350 g/mol. The van der Waals surface area contributed by atoms with Crippen LogP contribution in [0.4, 0.5) is 0 Å². The number of hydrogen-bond donors (Lipinski definition) is 2. The molecule has 0 saturated carbocycles. The molecule has 0 bridgehead atoms. The van der Waals surface area contributed by atoms with Gasteiger partial charge in [-0.15, -0.1) is 0 Å². The van der Waals surface area contributed by atoms with Crippen LogP contribution in [-0.4, -0.2) is 16.4 Å². The zero-order valence-electron chi connectivity index (χ0n) is 15.3. The lowest BCUT2D eigenvalue weighted by Gasteiger charge is -2.09. The van der Waals surface area contributed by atoms with Gasteiger partial charge in [-0.3, -0.25) is 20.4 Å². The normalized spacial score (nSPS) is 10.6. The quantitative estimate of drug-likeness (QED) is 0.538. The Kier molecular flexibility index (Phi) is 4.64. The third-order valence-electron chi connectivity index (χ3n) is 4.73. The highest BCUT2D eigenvalue weighted by atomic mass is 16.2. The van der Waals surface area contributed by atoms with Crippen molar-refractivity contribution in [2.75, 3.05) is 0 Å². The Morgan fingerprint density at radius 1 is 0.714 bits per heavy atom. The summed E-state index contributed by atoms with van der Waals surface area (Å²) in [6.45, 7) is 0. The maximum absolute atomic E-state index is 12.5. The molecule has 2 amide bonds. The molecule has 28 heavy (non-hydrogen) atoms. The molecule has 2 N–H and O–H groups in total. The zero-order valence-corrected chi connectivity index (χ0v) is 15.3. The third-order valence-corrected chi connectivity index (χ3v) is 4.73. The predicted octanol–water partition coefficient (Wildman–Crippen LogP) is 3.92. The molecule has 5 heteroatoms. The fourth-order valence-electron chi connectivity index (χ4n) is 3.20. The number of hydrogen-bond acceptors (Lipinski definition) is 2. The Bertz CT molecular complexity index is 1150. The number of nitrogens with one attached hydrogen (secondary N) is 2. The van der Waals surface area contributed by atoms with Gasteiger partial charge in [-0.25, -0.2) is 0 Å². The van der Waals surface area contributed by atoms with Gasteiger partial charge < -0.3 is 4.57 Å². The first-order valence-corrected chi connectivity index (χ1v) is 8.94. The predicted molar refractivity (Wildman–Crippen MR) is 110 cm³/mol. The Hall–Kier alpha value is -3.86. The van der Waals surface area contributed by atoms with Gasteiger partial charge in [0, 0.05) is 23.5 Å². The van der Waals surface area contributed by atoms with E-state index in [1.807, 2.05) is 73.8 Å². The van der Waals surface area contributed by atoms with Crippen molar-refractivity contribution in [2.45, 2.75) is 0 Å². The Morgan fingerprint density at radius 2 is 1.32 bits per heavy atom. The number of carbonyl (C=O) groups is 2. The van der Waals surface area contributed by atoms with Crippen molar-refractivity contribution in [1.29, 1.82) is 0 Å². The Morgan fingerprint density at radius 3 is 2.04 bits per heavy atom. The smallest absolute Gasteiger partial charge is 0.286 e. The standard InChI is InChI=1S/C23H19N3O2/c1-26-20-10-6-5-9-19(20)15-21(26)23(28)25-24-22(27)18-13-11-17(12-14-18)16-7-3-2-4-8-16/h2-15H,1H3,(H,24,27)(H,25,28). The average molecular weight is 369 g/mol. The van der Waals surface area contributed by atoms with Crippen LogP contribution >= 0.6 is 0 Å². The number of amides is 2. The molecule has 0 atom stereocenters. The minimum absolute atomic E-state index is 0.368. The van der Waals surface area contributed by atoms with Crippen molar-refractivity contribution in [2.24, 2.45) is 7.05 Å². The summed E-state index contributed by atoms with van der Waals surface area (Å²) in [4.78, 5) is 24.8. The Labute approximate surface area is 162 Å². The monoisotopic (exact) mass is 369 g/mol. The number of carbonyl (C=O) groups excluding carboxylic acids is 2. The fraction of sp³-hybridized carbons (Fsp3) is 0.0435. The second kappa shape index (κ2) is 7.40. The molecule has 0 radical (unpaired) electrons. The topological polar surface area (TPSA) is 63.1 Å². The van der Waals surface area contributed by atoms with Crippen LogP contribution in [-0.2, 0) is 7.05 Å². The van der Waals surface area contributed by atoms with Crippen LogP contribution in [0.2, 0.25) is 0 Å². The highest BCUT2D eigenvalue weighted by Crippen LogP contribution is 2.19. The summed E-state index contributed by atoms with van der Waals surface area (Å²) in [7, 11) is 1.82. The number of benzene rings is 3. The summed E-state index contributed by atoms with van der Waals surface area (Å²) in [6.07, 6.45) is 0.